The van der Waals surface area contributed by atoms with Gasteiger partial charge in [0.15, 0.2) is 5.78 Å². The summed E-state index contributed by atoms with van der Waals surface area (Å²) < 4.78 is 2.04. The monoisotopic (exact) mass is 365 g/mol. The van der Waals surface area contributed by atoms with Gasteiger partial charge < -0.3 is 9.88 Å². The molecule has 3 amide bonds. The summed E-state index contributed by atoms with van der Waals surface area (Å²) in [6.07, 6.45) is 2.24. The summed E-state index contributed by atoms with van der Waals surface area (Å²) in [7, 11) is 0. The summed E-state index contributed by atoms with van der Waals surface area (Å²) >= 11 is 0. The van der Waals surface area contributed by atoms with Gasteiger partial charge in [0.2, 0.25) is 0 Å². The van der Waals surface area contributed by atoms with E-state index in [9.17, 15) is 14.4 Å². The summed E-state index contributed by atoms with van der Waals surface area (Å²) in [4.78, 5) is 38.8. The van der Waals surface area contributed by atoms with Crippen LogP contribution < -0.4 is 5.32 Å². The van der Waals surface area contributed by atoms with E-state index in [0.29, 0.717) is 18.4 Å². The van der Waals surface area contributed by atoms with Gasteiger partial charge in [0.05, 0.1) is 6.54 Å². The van der Waals surface area contributed by atoms with Gasteiger partial charge in [-0.1, -0.05) is 18.2 Å². The molecule has 1 aromatic carbocycles. The number of urea groups is 1. The number of benzene rings is 1. The molecule has 2 heterocycles. The standard InChI is InChI=1S/C21H23N3O3/c1-13-7-4-5-8-17(13)24-14(2)11-16(15(24)3)18(25)12-23-19(26)21(9-6-10-21)22-20(23)27/h4-5,7-8,11H,6,9-10,12H2,1-3H3,(H,22,27). The predicted octanol–water partition coefficient (Wildman–Crippen LogP) is 3.06. The Morgan fingerprint density at radius 2 is 1.85 bits per heavy atom. The molecular formula is C21H23N3O3. The fraction of sp³-hybridized carbons (Fsp3) is 0.381. The number of nitrogens with zero attached hydrogens (tertiary/aromatic N) is 2. The molecule has 2 aliphatic rings. The summed E-state index contributed by atoms with van der Waals surface area (Å²) in [5.74, 6) is -0.484. The van der Waals surface area contributed by atoms with Gasteiger partial charge in [-0.05, 0) is 57.7 Å². The predicted molar refractivity (Wildman–Crippen MR) is 101 cm³/mol. The van der Waals surface area contributed by atoms with E-state index in [-0.39, 0.29) is 18.2 Å². The molecule has 0 bridgehead atoms. The van der Waals surface area contributed by atoms with E-state index in [0.717, 1.165) is 34.0 Å². The number of aromatic nitrogens is 1. The molecule has 1 aromatic heterocycles. The maximum Gasteiger partial charge on any atom is 0.325 e. The molecule has 0 radical (unpaired) electrons. The molecule has 0 atom stereocenters. The normalized spacial score (nSPS) is 18.0. The van der Waals surface area contributed by atoms with Crippen molar-refractivity contribution in [2.24, 2.45) is 0 Å². The van der Waals surface area contributed by atoms with Crippen molar-refractivity contribution < 1.29 is 14.4 Å². The zero-order valence-electron chi connectivity index (χ0n) is 15.8. The largest absolute Gasteiger partial charge is 0.325 e. The van der Waals surface area contributed by atoms with Crippen molar-refractivity contribution in [2.45, 2.75) is 45.6 Å². The molecule has 6 heteroatoms. The van der Waals surface area contributed by atoms with Crippen LogP contribution in [0.1, 0.15) is 46.6 Å². The number of hydrogen-bond donors (Lipinski definition) is 1. The second-order valence-electron chi connectivity index (χ2n) is 7.59. The quantitative estimate of drug-likeness (QED) is 0.669. The molecule has 1 N–H and O–H groups in total. The van der Waals surface area contributed by atoms with Crippen LogP contribution >= 0.6 is 0 Å². The van der Waals surface area contributed by atoms with Gasteiger partial charge in [-0.2, -0.15) is 0 Å². The van der Waals surface area contributed by atoms with Gasteiger partial charge in [-0.25, -0.2) is 4.79 Å². The Hall–Kier alpha value is -2.89. The van der Waals surface area contributed by atoms with Gasteiger partial charge >= 0.3 is 6.03 Å². The summed E-state index contributed by atoms with van der Waals surface area (Å²) in [5, 5.41) is 2.77. The van der Waals surface area contributed by atoms with Crippen LogP contribution in [0, 0.1) is 20.8 Å². The van der Waals surface area contributed by atoms with Crippen molar-refractivity contribution >= 4 is 17.7 Å². The number of aryl methyl sites for hydroxylation is 2. The number of nitrogens with one attached hydrogen (secondary N) is 1. The minimum absolute atomic E-state index is 0.218. The van der Waals surface area contributed by atoms with Crippen molar-refractivity contribution in [3.8, 4) is 5.69 Å². The maximum atomic E-state index is 12.9. The van der Waals surface area contributed by atoms with Crippen LogP contribution in [0.5, 0.6) is 0 Å². The Balaban J connectivity index is 1.62. The number of Topliss-reactive ketones (excluding diaryl/α,β-unsaturated/α-hetero) is 1. The third-order valence-electron chi connectivity index (χ3n) is 5.84. The highest BCUT2D eigenvalue weighted by Gasteiger charge is 2.55. The Bertz CT molecular complexity index is 969. The molecule has 2 fully saturated rings. The van der Waals surface area contributed by atoms with Crippen molar-refractivity contribution in [1.29, 1.82) is 0 Å². The Morgan fingerprint density at radius 3 is 2.44 bits per heavy atom. The lowest BCUT2D eigenvalue weighted by Gasteiger charge is -2.34. The lowest BCUT2D eigenvalue weighted by atomic mass is 9.77. The smallest absolute Gasteiger partial charge is 0.323 e. The van der Waals surface area contributed by atoms with E-state index in [1.54, 1.807) is 0 Å². The molecule has 1 aliphatic carbocycles. The van der Waals surface area contributed by atoms with E-state index < -0.39 is 11.6 Å². The lowest BCUT2D eigenvalue weighted by Crippen LogP contribution is -2.52. The number of imide groups is 1. The summed E-state index contributed by atoms with van der Waals surface area (Å²) in [5.41, 5.74) is 3.69. The Kier molecular flexibility index (Phi) is 3.94. The summed E-state index contributed by atoms with van der Waals surface area (Å²) in [6.45, 7) is 5.66. The molecule has 6 nitrogen and oxygen atoms in total. The molecule has 140 valence electrons. The zero-order chi connectivity index (χ0) is 19.3. The van der Waals surface area contributed by atoms with Crippen LogP contribution in [0.3, 0.4) is 0 Å². The van der Waals surface area contributed by atoms with Gasteiger partial charge in [0.25, 0.3) is 5.91 Å². The topological polar surface area (TPSA) is 71.4 Å². The fourth-order valence-electron chi connectivity index (χ4n) is 4.15. The molecule has 4 rings (SSSR count). The van der Waals surface area contributed by atoms with Crippen LogP contribution in [0.25, 0.3) is 5.69 Å². The van der Waals surface area contributed by atoms with Crippen LogP contribution in [-0.2, 0) is 4.79 Å². The lowest BCUT2D eigenvalue weighted by molar-refractivity contribution is -0.133. The zero-order valence-corrected chi connectivity index (χ0v) is 15.8. The number of carbonyl (C=O) groups is 3. The fourth-order valence-corrected chi connectivity index (χ4v) is 4.15. The molecule has 1 aliphatic heterocycles. The number of rotatable bonds is 4. The van der Waals surface area contributed by atoms with Gasteiger partial charge in [0, 0.05) is 22.6 Å². The minimum Gasteiger partial charge on any atom is -0.323 e. The van der Waals surface area contributed by atoms with E-state index in [1.165, 1.54) is 0 Å². The van der Waals surface area contributed by atoms with Gasteiger partial charge in [0.1, 0.15) is 5.54 Å². The van der Waals surface area contributed by atoms with Crippen LogP contribution in [0.4, 0.5) is 4.79 Å². The Labute approximate surface area is 158 Å². The molecule has 1 saturated carbocycles. The first kappa shape index (κ1) is 17.5. The highest BCUT2D eigenvalue weighted by atomic mass is 16.2. The molecule has 1 spiro atoms. The second kappa shape index (κ2) is 6.08. The summed E-state index contributed by atoms with van der Waals surface area (Å²) in [6, 6.07) is 9.37. The highest BCUT2D eigenvalue weighted by molar-refractivity contribution is 6.11. The maximum absolute atomic E-state index is 12.9. The first-order valence-corrected chi connectivity index (χ1v) is 9.26. The number of ketones is 1. The minimum atomic E-state index is -0.755. The van der Waals surface area contributed by atoms with Crippen molar-refractivity contribution in [3.05, 3.63) is 52.8 Å². The first-order chi connectivity index (χ1) is 12.8. The van der Waals surface area contributed by atoms with Gasteiger partial charge in [-0.3, -0.25) is 14.5 Å². The Morgan fingerprint density at radius 1 is 1.15 bits per heavy atom. The molecule has 27 heavy (non-hydrogen) atoms. The number of amides is 3. The SMILES string of the molecule is Cc1ccccc1-n1c(C)cc(C(=O)CN2C(=O)NC3(CCC3)C2=O)c1C. The number of hydrogen-bond acceptors (Lipinski definition) is 3. The number of para-hydroxylation sites is 1. The molecular weight excluding hydrogens is 342 g/mol. The van der Waals surface area contributed by atoms with E-state index in [2.05, 4.69) is 5.32 Å². The third kappa shape index (κ3) is 2.59. The average Bonchev–Trinajstić information content (AvgIpc) is 3.03. The third-order valence-corrected chi connectivity index (χ3v) is 5.84. The molecule has 2 aromatic rings. The van der Waals surface area contributed by atoms with E-state index >= 15 is 0 Å². The van der Waals surface area contributed by atoms with Crippen LogP contribution in [0.15, 0.2) is 30.3 Å². The first-order valence-electron chi connectivity index (χ1n) is 9.26. The second-order valence-corrected chi connectivity index (χ2v) is 7.59. The molecule has 1 saturated heterocycles. The molecule has 0 unspecified atom stereocenters. The highest BCUT2D eigenvalue weighted by Crippen LogP contribution is 2.37. The average molecular weight is 365 g/mol. The van der Waals surface area contributed by atoms with E-state index in [1.807, 2.05) is 55.7 Å². The number of carbonyl (C=O) groups excluding carboxylic acids is 3. The van der Waals surface area contributed by atoms with Crippen molar-refractivity contribution in [2.75, 3.05) is 6.54 Å². The van der Waals surface area contributed by atoms with Crippen LogP contribution in [0.2, 0.25) is 0 Å². The van der Waals surface area contributed by atoms with Crippen LogP contribution in [-0.4, -0.2) is 39.3 Å². The van der Waals surface area contributed by atoms with Crippen molar-refractivity contribution in [3.63, 3.8) is 0 Å². The van der Waals surface area contributed by atoms with Gasteiger partial charge in [-0.15, -0.1) is 0 Å². The van der Waals surface area contributed by atoms with Crippen molar-refractivity contribution in [1.82, 2.24) is 14.8 Å². The van der Waals surface area contributed by atoms with E-state index in [4.69, 9.17) is 0 Å².